The normalized spacial score (nSPS) is 14.8. The average Bonchev–Trinajstić information content (AvgIpc) is 2.97. The maximum Gasteiger partial charge on any atom is 0.340 e. The molecule has 1 aliphatic carbocycles. The third-order valence-corrected chi connectivity index (χ3v) is 4.89. The number of hydrogen-bond acceptors (Lipinski definition) is 5. The molecule has 0 aliphatic heterocycles. The number of amides is 1. The van der Waals surface area contributed by atoms with Gasteiger partial charge in [0, 0.05) is 12.2 Å². The molecule has 3 rings (SSSR count). The number of carbonyl (C=O) groups excluding carboxylic acids is 2. The largest absolute Gasteiger partial charge is 0.462 e. The number of hydrogen-bond donors (Lipinski definition) is 2. The number of carbonyl (C=O) groups is 2. The number of rotatable bonds is 6. The Balaban J connectivity index is 1.71. The molecule has 0 saturated heterocycles. The van der Waals surface area contributed by atoms with Gasteiger partial charge in [-0.2, -0.15) is 0 Å². The SMILES string of the molecule is CCOC(=O)c1ccccc1Nc1cncc(C(=O)NC2CCCCCC2)c1. The number of esters is 1. The van der Waals surface area contributed by atoms with Crippen LogP contribution < -0.4 is 10.6 Å². The van der Waals surface area contributed by atoms with Crippen LogP contribution in [0.15, 0.2) is 42.7 Å². The zero-order valence-electron chi connectivity index (χ0n) is 16.2. The van der Waals surface area contributed by atoms with E-state index in [1.165, 1.54) is 12.8 Å². The maximum atomic E-state index is 12.6. The number of benzene rings is 1. The van der Waals surface area contributed by atoms with E-state index in [0.717, 1.165) is 25.7 Å². The Bertz CT molecular complexity index is 814. The van der Waals surface area contributed by atoms with Gasteiger partial charge in [0.05, 0.1) is 35.3 Å². The molecule has 0 radical (unpaired) electrons. The van der Waals surface area contributed by atoms with Gasteiger partial charge in [-0.15, -0.1) is 0 Å². The number of para-hydroxylation sites is 1. The molecule has 1 aliphatic rings. The Morgan fingerprint density at radius 3 is 2.61 bits per heavy atom. The molecule has 6 heteroatoms. The minimum atomic E-state index is -0.388. The molecule has 1 aromatic heterocycles. The summed E-state index contributed by atoms with van der Waals surface area (Å²) in [6, 6.07) is 9.10. The fraction of sp³-hybridized carbons (Fsp3) is 0.409. The molecule has 28 heavy (non-hydrogen) atoms. The van der Waals surface area contributed by atoms with Crippen molar-refractivity contribution in [2.45, 2.75) is 51.5 Å². The van der Waals surface area contributed by atoms with Crippen LogP contribution in [0.3, 0.4) is 0 Å². The van der Waals surface area contributed by atoms with E-state index in [4.69, 9.17) is 4.74 Å². The first-order valence-electron chi connectivity index (χ1n) is 9.96. The summed E-state index contributed by atoms with van der Waals surface area (Å²) in [5.74, 6) is -0.498. The van der Waals surface area contributed by atoms with Crippen LogP contribution in [-0.2, 0) is 4.74 Å². The molecule has 0 bridgehead atoms. The van der Waals surface area contributed by atoms with Gasteiger partial charge in [0.15, 0.2) is 0 Å². The van der Waals surface area contributed by atoms with Gasteiger partial charge in [0.2, 0.25) is 0 Å². The van der Waals surface area contributed by atoms with Crippen LogP contribution in [0.5, 0.6) is 0 Å². The van der Waals surface area contributed by atoms with Gasteiger partial charge in [-0.25, -0.2) is 4.79 Å². The molecule has 0 spiro atoms. The van der Waals surface area contributed by atoms with E-state index in [1.807, 2.05) is 6.07 Å². The van der Waals surface area contributed by atoms with Crippen molar-refractivity contribution < 1.29 is 14.3 Å². The number of nitrogens with zero attached hydrogens (tertiary/aromatic N) is 1. The van der Waals surface area contributed by atoms with Crippen molar-refractivity contribution in [3.05, 3.63) is 53.9 Å². The van der Waals surface area contributed by atoms with E-state index in [0.29, 0.717) is 29.1 Å². The van der Waals surface area contributed by atoms with Gasteiger partial charge in [-0.3, -0.25) is 9.78 Å². The highest BCUT2D eigenvalue weighted by Gasteiger charge is 2.17. The first-order chi connectivity index (χ1) is 13.7. The number of aromatic nitrogens is 1. The van der Waals surface area contributed by atoms with Crippen LogP contribution in [-0.4, -0.2) is 29.5 Å². The Labute approximate surface area is 165 Å². The van der Waals surface area contributed by atoms with Crippen LogP contribution in [0.1, 0.15) is 66.2 Å². The molecule has 1 saturated carbocycles. The summed E-state index contributed by atoms with van der Waals surface area (Å²) in [7, 11) is 0. The maximum absolute atomic E-state index is 12.6. The predicted octanol–water partition coefficient (Wildman–Crippen LogP) is 4.45. The van der Waals surface area contributed by atoms with Crippen LogP contribution in [0.25, 0.3) is 0 Å². The minimum Gasteiger partial charge on any atom is -0.462 e. The highest BCUT2D eigenvalue weighted by atomic mass is 16.5. The summed E-state index contributed by atoms with van der Waals surface area (Å²) in [6.45, 7) is 2.08. The summed E-state index contributed by atoms with van der Waals surface area (Å²) in [4.78, 5) is 29.0. The van der Waals surface area contributed by atoms with Gasteiger partial charge in [-0.1, -0.05) is 37.8 Å². The van der Waals surface area contributed by atoms with Crippen molar-refractivity contribution in [2.24, 2.45) is 0 Å². The van der Waals surface area contributed by atoms with Gasteiger partial charge in [-0.05, 0) is 38.0 Å². The molecule has 148 valence electrons. The summed E-state index contributed by atoms with van der Waals surface area (Å²) < 4.78 is 5.10. The fourth-order valence-corrected chi connectivity index (χ4v) is 3.46. The zero-order valence-corrected chi connectivity index (χ0v) is 16.2. The lowest BCUT2D eigenvalue weighted by Gasteiger charge is -2.16. The Morgan fingerprint density at radius 1 is 1.11 bits per heavy atom. The summed E-state index contributed by atoms with van der Waals surface area (Å²) in [5.41, 5.74) is 2.20. The van der Waals surface area contributed by atoms with Crippen molar-refractivity contribution in [2.75, 3.05) is 11.9 Å². The first-order valence-corrected chi connectivity index (χ1v) is 9.96. The van der Waals surface area contributed by atoms with Crippen molar-refractivity contribution in [3.63, 3.8) is 0 Å². The topological polar surface area (TPSA) is 80.3 Å². The third kappa shape index (κ3) is 5.31. The molecule has 1 aromatic carbocycles. The second kappa shape index (κ2) is 9.88. The summed E-state index contributed by atoms with van der Waals surface area (Å²) >= 11 is 0. The number of nitrogens with one attached hydrogen (secondary N) is 2. The van der Waals surface area contributed by atoms with Crippen molar-refractivity contribution in [1.82, 2.24) is 10.3 Å². The third-order valence-electron chi connectivity index (χ3n) is 4.89. The summed E-state index contributed by atoms with van der Waals surface area (Å²) in [5, 5.41) is 6.31. The molecule has 0 atom stereocenters. The van der Waals surface area contributed by atoms with E-state index in [9.17, 15) is 9.59 Å². The van der Waals surface area contributed by atoms with Crippen molar-refractivity contribution in [1.29, 1.82) is 0 Å². The van der Waals surface area contributed by atoms with Crippen LogP contribution in [0.4, 0.5) is 11.4 Å². The molecule has 0 unspecified atom stereocenters. The van der Waals surface area contributed by atoms with E-state index >= 15 is 0 Å². The van der Waals surface area contributed by atoms with Gasteiger partial charge in [0.1, 0.15) is 0 Å². The molecule has 6 nitrogen and oxygen atoms in total. The highest BCUT2D eigenvalue weighted by Crippen LogP contribution is 2.22. The molecular weight excluding hydrogens is 354 g/mol. The quantitative estimate of drug-likeness (QED) is 0.571. The van der Waals surface area contributed by atoms with Gasteiger partial charge in [0.25, 0.3) is 5.91 Å². The number of pyridine rings is 1. The second-order valence-electron chi connectivity index (χ2n) is 7.02. The first kappa shape index (κ1) is 19.9. The smallest absolute Gasteiger partial charge is 0.340 e. The molecular formula is C22H27N3O3. The molecule has 2 aromatic rings. The standard InChI is InChI=1S/C22H27N3O3/c1-2-28-22(27)19-11-7-8-12-20(19)24-18-13-16(14-23-15-18)21(26)25-17-9-5-3-4-6-10-17/h7-8,11-15,17,24H,2-6,9-10H2,1H3,(H,25,26). The lowest BCUT2D eigenvalue weighted by molar-refractivity contribution is 0.0527. The average molecular weight is 381 g/mol. The van der Waals surface area contributed by atoms with Crippen molar-refractivity contribution >= 4 is 23.3 Å². The Kier molecular flexibility index (Phi) is 7.00. The van der Waals surface area contributed by atoms with Crippen LogP contribution in [0, 0.1) is 0 Å². The zero-order chi connectivity index (χ0) is 19.8. The number of anilines is 2. The predicted molar refractivity (Wildman–Crippen MR) is 109 cm³/mol. The Hall–Kier alpha value is -2.89. The van der Waals surface area contributed by atoms with E-state index in [-0.39, 0.29) is 17.9 Å². The van der Waals surface area contributed by atoms with Crippen molar-refractivity contribution in [3.8, 4) is 0 Å². The molecule has 1 heterocycles. The van der Waals surface area contributed by atoms with E-state index in [1.54, 1.807) is 43.6 Å². The molecule has 1 amide bonds. The molecule has 2 N–H and O–H groups in total. The van der Waals surface area contributed by atoms with Crippen LogP contribution in [0.2, 0.25) is 0 Å². The minimum absolute atomic E-state index is 0.110. The second-order valence-corrected chi connectivity index (χ2v) is 7.02. The van der Waals surface area contributed by atoms with Gasteiger partial charge >= 0.3 is 5.97 Å². The van der Waals surface area contributed by atoms with E-state index in [2.05, 4.69) is 15.6 Å². The Morgan fingerprint density at radius 2 is 1.86 bits per heavy atom. The summed E-state index contributed by atoms with van der Waals surface area (Å²) in [6.07, 6.45) is 10.1. The van der Waals surface area contributed by atoms with Crippen LogP contribution >= 0.6 is 0 Å². The monoisotopic (exact) mass is 381 g/mol. The van der Waals surface area contributed by atoms with Gasteiger partial charge < -0.3 is 15.4 Å². The lowest BCUT2D eigenvalue weighted by atomic mass is 10.1. The lowest BCUT2D eigenvalue weighted by Crippen LogP contribution is -2.34. The van der Waals surface area contributed by atoms with E-state index < -0.39 is 0 Å². The molecule has 1 fully saturated rings. The number of ether oxygens (including phenoxy) is 1. The highest BCUT2D eigenvalue weighted by molar-refractivity contribution is 5.97. The fourth-order valence-electron chi connectivity index (χ4n) is 3.46.